The van der Waals surface area contributed by atoms with Gasteiger partial charge in [0, 0.05) is 18.7 Å². The number of nitrogens with one attached hydrogen (secondary N) is 1. The monoisotopic (exact) mass is 341 g/mol. The van der Waals surface area contributed by atoms with Gasteiger partial charge in [0.1, 0.15) is 11.5 Å². The standard InChI is InChI=1S/C17H16FN5O2/c18-11-6-4-10(5-7-11)12-16(23-8-2-1-3-9-23)22-14-13(19-12)20-15(21-14)17(24)25/h4-7H,1-3,8-9H2,(H,24,25)(H,19,20,21,22). The number of hydrogen-bond acceptors (Lipinski definition) is 5. The zero-order valence-corrected chi connectivity index (χ0v) is 13.4. The zero-order valence-electron chi connectivity index (χ0n) is 13.4. The fraction of sp³-hybridized carbons (Fsp3) is 0.294. The van der Waals surface area contributed by atoms with E-state index in [-0.39, 0.29) is 17.3 Å². The van der Waals surface area contributed by atoms with Crippen LogP contribution in [0.3, 0.4) is 0 Å². The number of carboxylic acid groups (broad SMARTS) is 1. The molecular weight excluding hydrogens is 325 g/mol. The Morgan fingerprint density at radius 1 is 1.08 bits per heavy atom. The number of nitrogens with zero attached hydrogens (tertiary/aromatic N) is 4. The van der Waals surface area contributed by atoms with E-state index in [0.717, 1.165) is 31.5 Å². The predicted octanol–water partition coefficient (Wildman–Crippen LogP) is 2.85. The number of fused-ring (bicyclic) bond motifs is 1. The molecule has 0 aliphatic carbocycles. The number of piperidine rings is 1. The van der Waals surface area contributed by atoms with Crippen LogP contribution in [0.1, 0.15) is 29.9 Å². The third-order valence-corrected chi connectivity index (χ3v) is 4.29. The molecule has 0 radical (unpaired) electrons. The van der Waals surface area contributed by atoms with Gasteiger partial charge in [-0.05, 0) is 43.5 Å². The maximum Gasteiger partial charge on any atom is 0.372 e. The highest BCUT2D eigenvalue weighted by atomic mass is 19.1. The average molecular weight is 341 g/mol. The molecule has 3 aromatic rings. The molecule has 1 aliphatic rings. The molecular formula is C17H16FN5O2. The summed E-state index contributed by atoms with van der Waals surface area (Å²) in [5, 5.41) is 9.12. The van der Waals surface area contributed by atoms with Crippen molar-refractivity contribution in [3.8, 4) is 11.3 Å². The largest absolute Gasteiger partial charge is 0.475 e. The van der Waals surface area contributed by atoms with Gasteiger partial charge >= 0.3 is 5.97 Å². The molecule has 2 aromatic heterocycles. The van der Waals surface area contributed by atoms with Crippen LogP contribution in [0.2, 0.25) is 0 Å². The first kappa shape index (κ1) is 15.5. The van der Waals surface area contributed by atoms with E-state index in [9.17, 15) is 9.18 Å². The first-order chi connectivity index (χ1) is 12.1. The lowest BCUT2D eigenvalue weighted by molar-refractivity contribution is 0.0685. The Labute approximate surface area is 142 Å². The molecule has 3 heterocycles. The summed E-state index contributed by atoms with van der Waals surface area (Å²) in [5.74, 6) is -1.03. The van der Waals surface area contributed by atoms with Gasteiger partial charge in [-0.15, -0.1) is 0 Å². The molecule has 2 N–H and O–H groups in total. The predicted molar refractivity (Wildman–Crippen MR) is 90.1 cm³/mol. The maximum atomic E-state index is 13.3. The SMILES string of the molecule is O=C(O)c1nc2nc(N3CCCCC3)c(-c3ccc(F)cc3)nc2[nH]1. The van der Waals surface area contributed by atoms with Crippen molar-refractivity contribution in [2.24, 2.45) is 0 Å². The van der Waals surface area contributed by atoms with Crippen LogP contribution in [0.25, 0.3) is 22.6 Å². The Morgan fingerprint density at radius 2 is 1.80 bits per heavy atom. The maximum absolute atomic E-state index is 13.3. The third-order valence-electron chi connectivity index (χ3n) is 4.29. The summed E-state index contributed by atoms with van der Waals surface area (Å²) in [6.45, 7) is 1.70. The molecule has 0 unspecified atom stereocenters. The highest BCUT2D eigenvalue weighted by Crippen LogP contribution is 2.31. The lowest BCUT2D eigenvalue weighted by atomic mass is 10.1. The molecule has 0 saturated carbocycles. The minimum absolute atomic E-state index is 0.198. The first-order valence-corrected chi connectivity index (χ1v) is 8.14. The minimum atomic E-state index is -1.16. The number of aromatic amines is 1. The van der Waals surface area contributed by atoms with Gasteiger partial charge in [-0.1, -0.05) is 0 Å². The van der Waals surface area contributed by atoms with E-state index >= 15 is 0 Å². The second kappa shape index (κ2) is 6.12. The first-order valence-electron chi connectivity index (χ1n) is 8.14. The van der Waals surface area contributed by atoms with Crippen LogP contribution in [0.15, 0.2) is 24.3 Å². The van der Waals surface area contributed by atoms with Crippen LogP contribution in [0.5, 0.6) is 0 Å². The third kappa shape index (κ3) is 2.90. The van der Waals surface area contributed by atoms with E-state index < -0.39 is 5.97 Å². The van der Waals surface area contributed by atoms with Crippen molar-refractivity contribution in [1.29, 1.82) is 0 Å². The molecule has 0 bridgehead atoms. The number of aromatic nitrogens is 4. The molecule has 4 rings (SSSR count). The van der Waals surface area contributed by atoms with Gasteiger partial charge in [0.05, 0.1) is 0 Å². The Morgan fingerprint density at radius 3 is 2.48 bits per heavy atom. The van der Waals surface area contributed by atoms with E-state index in [2.05, 4.69) is 24.8 Å². The highest BCUT2D eigenvalue weighted by molar-refractivity contribution is 5.88. The molecule has 25 heavy (non-hydrogen) atoms. The average Bonchev–Trinajstić information content (AvgIpc) is 3.05. The van der Waals surface area contributed by atoms with Crippen LogP contribution < -0.4 is 4.90 Å². The van der Waals surface area contributed by atoms with Crippen molar-refractivity contribution in [2.75, 3.05) is 18.0 Å². The molecule has 7 nitrogen and oxygen atoms in total. The van der Waals surface area contributed by atoms with Crippen LogP contribution in [-0.2, 0) is 0 Å². The number of anilines is 1. The van der Waals surface area contributed by atoms with Gasteiger partial charge in [-0.25, -0.2) is 24.1 Å². The van der Waals surface area contributed by atoms with Gasteiger partial charge in [-0.3, -0.25) is 0 Å². The van der Waals surface area contributed by atoms with E-state index in [0.29, 0.717) is 17.2 Å². The van der Waals surface area contributed by atoms with Crippen LogP contribution in [0.4, 0.5) is 10.2 Å². The molecule has 0 amide bonds. The van der Waals surface area contributed by atoms with Crippen molar-refractivity contribution < 1.29 is 14.3 Å². The number of halogens is 1. The number of benzene rings is 1. The fourth-order valence-corrected chi connectivity index (χ4v) is 3.05. The Bertz CT molecular complexity index is 932. The van der Waals surface area contributed by atoms with Gasteiger partial charge in [0.2, 0.25) is 5.82 Å². The molecule has 0 spiro atoms. The molecule has 128 valence electrons. The van der Waals surface area contributed by atoms with Crippen molar-refractivity contribution in [3.05, 3.63) is 35.9 Å². The second-order valence-corrected chi connectivity index (χ2v) is 6.01. The summed E-state index contributed by atoms with van der Waals surface area (Å²) in [6.07, 6.45) is 3.29. The lowest BCUT2D eigenvalue weighted by Crippen LogP contribution is -2.31. The highest BCUT2D eigenvalue weighted by Gasteiger charge is 2.21. The zero-order chi connectivity index (χ0) is 17.4. The number of imidazole rings is 1. The second-order valence-electron chi connectivity index (χ2n) is 6.01. The van der Waals surface area contributed by atoms with E-state index in [1.807, 2.05) is 0 Å². The summed E-state index contributed by atoms with van der Waals surface area (Å²) in [4.78, 5) is 29.1. The lowest BCUT2D eigenvalue weighted by Gasteiger charge is -2.28. The summed E-state index contributed by atoms with van der Waals surface area (Å²) in [6, 6.07) is 6.04. The molecule has 1 fully saturated rings. The van der Waals surface area contributed by atoms with Crippen molar-refractivity contribution >= 4 is 23.1 Å². The Balaban J connectivity index is 1.89. The smallest absolute Gasteiger partial charge is 0.372 e. The van der Waals surface area contributed by atoms with Crippen molar-refractivity contribution in [1.82, 2.24) is 19.9 Å². The number of H-pyrrole nitrogens is 1. The van der Waals surface area contributed by atoms with Crippen molar-refractivity contribution in [3.63, 3.8) is 0 Å². The molecule has 1 aliphatic heterocycles. The minimum Gasteiger partial charge on any atom is -0.475 e. The van der Waals surface area contributed by atoms with Gasteiger partial charge in [0.15, 0.2) is 17.1 Å². The molecule has 1 saturated heterocycles. The van der Waals surface area contributed by atoms with Crippen LogP contribution >= 0.6 is 0 Å². The number of aromatic carboxylic acids is 1. The number of rotatable bonds is 3. The van der Waals surface area contributed by atoms with Crippen LogP contribution in [-0.4, -0.2) is 44.1 Å². The molecule has 0 atom stereocenters. The van der Waals surface area contributed by atoms with Crippen LogP contribution in [0, 0.1) is 5.82 Å². The quantitative estimate of drug-likeness (QED) is 0.761. The fourth-order valence-electron chi connectivity index (χ4n) is 3.05. The summed E-state index contributed by atoms with van der Waals surface area (Å²) < 4.78 is 13.3. The van der Waals surface area contributed by atoms with Crippen molar-refractivity contribution in [2.45, 2.75) is 19.3 Å². The summed E-state index contributed by atoms with van der Waals surface area (Å²) in [5.41, 5.74) is 1.89. The van der Waals surface area contributed by atoms with Gasteiger partial charge < -0.3 is 15.0 Å². The summed E-state index contributed by atoms with van der Waals surface area (Å²) >= 11 is 0. The Hall–Kier alpha value is -3.03. The number of carboxylic acids is 1. The Kier molecular flexibility index (Phi) is 3.79. The van der Waals surface area contributed by atoms with Gasteiger partial charge in [-0.2, -0.15) is 0 Å². The van der Waals surface area contributed by atoms with E-state index in [1.54, 1.807) is 12.1 Å². The number of carbonyl (C=O) groups is 1. The van der Waals surface area contributed by atoms with Gasteiger partial charge in [0.25, 0.3) is 0 Å². The normalized spacial score (nSPS) is 14.8. The number of hydrogen-bond donors (Lipinski definition) is 2. The topological polar surface area (TPSA) is 95.0 Å². The molecule has 1 aromatic carbocycles. The van der Waals surface area contributed by atoms with E-state index in [1.165, 1.54) is 18.6 Å². The summed E-state index contributed by atoms with van der Waals surface area (Å²) in [7, 11) is 0. The molecule has 8 heteroatoms. The van der Waals surface area contributed by atoms with E-state index in [4.69, 9.17) is 5.11 Å².